The van der Waals surface area contributed by atoms with Crippen LogP contribution in [0.15, 0.2) is 164 Å². The molecule has 0 aliphatic heterocycles. The van der Waals surface area contributed by atoms with Gasteiger partial charge in [0, 0.05) is 16.2 Å². The molecule has 0 bridgehead atoms. The molecule has 13 rings (SSSR count). The Morgan fingerprint density at radius 2 is 0.500 bits per heavy atom. The van der Waals surface area contributed by atoms with Crippen molar-refractivity contribution in [2.75, 3.05) is 0 Å². The van der Waals surface area contributed by atoms with Gasteiger partial charge in [-0.1, -0.05) is 214 Å². The van der Waals surface area contributed by atoms with Crippen LogP contribution in [-0.2, 0) is 21.7 Å². The normalized spacial score (nSPS) is 20.3. The third-order valence-electron chi connectivity index (χ3n) is 31.5. The van der Waals surface area contributed by atoms with Crippen molar-refractivity contribution in [3.8, 4) is 88.3 Å². The first-order chi connectivity index (χ1) is 56.2. The van der Waals surface area contributed by atoms with Crippen molar-refractivity contribution < 1.29 is 0 Å². The molecule has 0 N–H and O–H groups in total. The van der Waals surface area contributed by atoms with Crippen molar-refractivity contribution in [1.29, 1.82) is 0 Å². The molecule has 4 aliphatic carbocycles. The molecule has 4 aliphatic rings. The molecular weight excluding hydrogens is 1520 g/mol. The molecule has 0 spiro atoms. The Hall–Kier alpha value is -5.74. The standard InChI is InChI=1S/C102H127S.3C4H9.Sn/c1-17-27-32-73(25-9)65-102(66-74(26-10)33-28-18-2)96-57-80(42-49-88(96)89-50-43-81(58-97(89)102)98-36-31-51-103-98)79-41-48-87-86-47-40-78(55-94(86)101(95(87)56-79,63-71(15)23-7)64-72(16)24-8)77-39-46-85-84-45-38-76(53-92(84)100(93(85)54-77,61-69(13)21-5)62-70(14)22-6)75-37-44-83-82-34-29-30-35-90(82)99(91(83)52-75,59-67(11)19-3)60-68(12)20-4;3*1-3-4-2;/h29-31,34-50,52-58,67-74H,17-28,32-33,59-66H2,1-16H3;3*1,3-4H2,2H3;. The van der Waals surface area contributed by atoms with Crippen molar-refractivity contribution in [1.82, 2.24) is 0 Å². The second kappa shape index (κ2) is 38.5. The van der Waals surface area contributed by atoms with Crippen LogP contribution in [0.3, 0.4) is 0 Å². The Kier molecular flexibility index (Phi) is 29.3. The van der Waals surface area contributed by atoms with Gasteiger partial charge in [0.05, 0.1) is 0 Å². The number of benzene rings is 8. The van der Waals surface area contributed by atoms with E-state index in [1.165, 1.54) is 256 Å². The van der Waals surface area contributed by atoms with Crippen LogP contribution in [0.25, 0.3) is 88.3 Å². The molecule has 8 aromatic carbocycles. The minimum absolute atomic E-state index is 0.00582. The summed E-state index contributed by atoms with van der Waals surface area (Å²) in [6, 6.07) is 70.0. The Morgan fingerprint density at radius 3 is 0.776 bits per heavy atom. The van der Waals surface area contributed by atoms with E-state index in [1.807, 2.05) is 2.89 Å². The van der Waals surface area contributed by atoms with Crippen LogP contribution in [0.5, 0.6) is 0 Å². The molecule has 0 saturated carbocycles. The molecule has 1 aromatic heterocycles. The Morgan fingerprint density at radius 1 is 0.250 bits per heavy atom. The SMILES string of the molecule is CCCCC(CC)CC1(CC(CC)CCCC)c2cc(-c3ccc4c(c3)C(CC(C)CC)(CC(C)CC)c3cc(-c5ccc6c(c5)C(CC(C)CC)(CC(C)CC)c5cc(-c7ccc8c(c7)C(CC(C)CC)(CC(C)CC)c7ccccc7-8)ccc5-6)ccc3-4)ccc2-c2ccc(-c3cc[c]([Sn]([CH2]CCC)([CH2]CCC)[CH2]CCC)s3)cc21. The molecule has 116 heavy (non-hydrogen) atoms. The first-order valence-corrected chi connectivity index (χ1v) is 56.8. The number of fused-ring (bicyclic) bond motifs is 12. The van der Waals surface area contributed by atoms with Crippen molar-refractivity contribution >= 4 is 32.6 Å². The van der Waals surface area contributed by atoms with Crippen LogP contribution >= 0.6 is 11.3 Å². The third kappa shape index (κ3) is 17.1. The molecule has 8 atom stereocenters. The Labute approximate surface area is 717 Å². The summed E-state index contributed by atoms with van der Waals surface area (Å²) in [5.74, 6) is 4.80. The predicted octanol–water partition coefficient (Wildman–Crippen LogP) is 35.4. The molecule has 1 heterocycles. The predicted molar refractivity (Wildman–Crippen MR) is 516 cm³/mol. The number of hydrogen-bond donors (Lipinski definition) is 0. The maximum absolute atomic E-state index is 2.80. The summed E-state index contributed by atoms with van der Waals surface area (Å²) < 4.78 is 6.43. The first kappa shape index (κ1) is 88.1. The van der Waals surface area contributed by atoms with E-state index in [2.05, 4.69) is 307 Å². The number of rotatable bonds is 44. The van der Waals surface area contributed by atoms with Crippen LogP contribution < -0.4 is 2.89 Å². The van der Waals surface area contributed by atoms with Crippen LogP contribution in [0, 0.1) is 47.3 Å². The van der Waals surface area contributed by atoms with Gasteiger partial charge < -0.3 is 0 Å². The zero-order chi connectivity index (χ0) is 82.3. The first-order valence-electron chi connectivity index (χ1n) is 48.5. The summed E-state index contributed by atoms with van der Waals surface area (Å²) in [5.41, 5.74) is 33.8. The quantitative estimate of drug-likeness (QED) is 0.0334. The van der Waals surface area contributed by atoms with Gasteiger partial charge in [0.1, 0.15) is 0 Å². The Balaban J connectivity index is 0.930. The van der Waals surface area contributed by atoms with Gasteiger partial charge in [-0.05, 0) is 187 Å². The fourth-order valence-corrected chi connectivity index (χ4v) is 43.8. The molecule has 0 fully saturated rings. The fraction of sp³-hybridized carbons (Fsp3) is 0.544. The van der Waals surface area contributed by atoms with Crippen LogP contribution in [0.4, 0.5) is 0 Å². The fourth-order valence-electron chi connectivity index (χ4n) is 23.6. The van der Waals surface area contributed by atoms with Gasteiger partial charge in [0.15, 0.2) is 0 Å². The summed E-state index contributed by atoms with van der Waals surface area (Å²) in [7, 11) is 0. The van der Waals surface area contributed by atoms with Crippen LogP contribution in [-0.4, -0.2) is 18.4 Å². The summed E-state index contributed by atoms with van der Waals surface area (Å²) in [6.07, 6.45) is 34.9. The minimum atomic E-state index is -2.67. The van der Waals surface area contributed by atoms with E-state index in [0.29, 0.717) is 47.3 Å². The second-order valence-electron chi connectivity index (χ2n) is 39.5. The second-order valence-corrected chi connectivity index (χ2v) is 54.7. The average molecular weight is 1680 g/mol. The Bertz CT molecular complexity index is 4700. The van der Waals surface area contributed by atoms with Gasteiger partial charge in [0.2, 0.25) is 0 Å². The van der Waals surface area contributed by atoms with Crippen molar-refractivity contribution in [2.24, 2.45) is 47.3 Å². The molecule has 0 amide bonds. The average Bonchev–Trinajstić information content (AvgIpc) is 1.56. The number of hydrogen-bond acceptors (Lipinski definition) is 1. The van der Waals surface area contributed by atoms with Gasteiger partial charge in [0.25, 0.3) is 0 Å². The van der Waals surface area contributed by atoms with Gasteiger partial charge >= 0.3 is 305 Å². The van der Waals surface area contributed by atoms with Crippen molar-refractivity contribution in [3.63, 3.8) is 0 Å². The molecule has 0 saturated heterocycles. The molecule has 0 nitrogen and oxygen atoms in total. The monoisotopic (exact) mass is 1680 g/mol. The van der Waals surface area contributed by atoms with Crippen molar-refractivity contribution in [3.05, 3.63) is 208 Å². The zero-order valence-corrected chi connectivity index (χ0v) is 80.2. The number of thiophene rings is 1. The molecular formula is C114H154SSn. The zero-order valence-electron chi connectivity index (χ0n) is 76.5. The van der Waals surface area contributed by atoms with Gasteiger partial charge in [-0.15, -0.1) is 0 Å². The van der Waals surface area contributed by atoms with E-state index in [1.54, 1.807) is 44.5 Å². The van der Waals surface area contributed by atoms with Crippen LogP contribution in [0.2, 0.25) is 13.3 Å². The molecule has 8 unspecified atom stereocenters. The summed E-state index contributed by atoms with van der Waals surface area (Å²) >= 11 is -0.420. The molecule has 620 valence electrons. The summed E-state index contributed by atoms with van der Waals surface area (Å²) in [6.45, 7) is 47.0. The van der Waals surface area contributed by atoms with E-state index in [-0.39, 0.29) is 21.7 Å². The van der Waals surface area contributed by atoms with Gasteiger partial charge in [-0.2, -0.15) is 0 Å². The van der Waals surface area contributed by atoms with Gasteiger partial charge in [-0.3, -0.25) is 0 Å². The molecule has 2 heteroatoms. The van der Waals surface area contributed by atoms with Gasteiger partial charge in [-0.25, -0.2) is 0 Å². The van der Waals surface area contributed by atoms with Crippen LogP contribution in [0.1, 0.15) is 356 Å². The van der Waals surface area contributed by atoms with Crippen molar-refractivity contribution in [2.45, 2.75) is 346 Å². The van der Waals surface area contributed by atoms with E-state index in [0.717, 1.165) is 25.7 Å². The summed E-state index contributed by atoms with van der Waals surface area (Å²) in [5, 5.41) is 0. The maximum atomic E-state index is 2.80. The van der Waals surface area contributed by atoms with E-state index in [4.69, 9.17) is 0 Å². The van der Waals surface area contributed by atoms with E-state index >= 15 is 0 Å². The van der Waals surface area contributed by atoms with E-state index in [9.17, 15) is 0 Å². The molecule has 9 aromatic rings. The third-order valence-corrected chi connectivity index (χ3v) is 50.9. The molecule has 0 radical (unpaired) electrons. The summed E-state index contributed by atoms with van der Waals surface area (Å²) in [4.78, 5) is 1.52. The number of unbranched alkanes of at least 4 members (excludes halogenated alkanes) is 5. The van der Waals surface area contributed by atoms with E-state index < -0.39 is 18.4 Å². The topological polar surface area (TPSA) is 0 Å².